The molecule has 3 fully saturated rings. The number of hydrogen-bond donors (Lipinski definition) is 7. The van der Waals surface area contributed by atoms with Crippen LogP contribution in [0.15, 0.2) is 65.8 Å². The van der Waals surface area contributed by atoms with Gasteiger partial charge in [-0.15, -0.1) is 0 Å². The van der Waals surface area contributed by atoms with Crippen molar-refractivity contribution in [2.75, 3.05) is 13.4 Å². The Morgan fingerprint density at radius 1 is 1.00 bits per heavy atom. The van der Waals surface area contributed by atoms with E-state index in [1.807, 2.05) is 30.3 Å². The van der Waals surface area contributed by atoms with Crippen LogP contribution < -0.4 is 20.5 Å². The predicted octanol–water partition coefficient (Wildman–Crippen LogP) is -0.0647. The lowest BCUT2D eigenvalue weighted by atomic mass is 9.83. The smallest absolute Gasteiger partial charge is 0.247 e. The molecule has 2 heterocycles. The fourth-order valence-electron chi connectivity index (χ4n) is 5.45. The molecule has 2 aliphatic heterocycles. The number of phenolic OH excluding ortho intramolecular Hbond substituents is 1. The SMILES string of the molecule is C/C(=C\c1ccc(OC2O[C@H](/C(C)=C/COc3ccccc3)[C@@H](O)C2N)c(O)c1)C(=O)NC1[C@@H](O)[C@@H]2OCO[C@@H]2[C@H](O)[C@H]1O. The fraction of sp³-hybridized carbons (Fsp3) is 0.452. The van der Waals surface area contributed by atoms with Crippen LogP contribution in [0.1, 0.15) is 19.4 Å². The monoisotopic (exact) mass is 614 g/mol. The Hall–Kier alpha value is -3.53. The van der Waals surface area contributed by atoms with E-state index in [4.69, 9.17) is 29.4 Å². The summed E-state index contributed by atoms with van der Waals surface area (Å²) >= 11 is 0. The van der Waals surface area contributed by atoms with Crippen molar-refractivity contribution in [2.45, 2.75) is 74.9 Å². The van der Waals surface area contributed by atoms with Gasteiger partial charge >= 0.3 is 0 Å². The highest BCUT2D eigenvalue weighted by Gasteiger charge is 2.53. The number of nitrogens with one attached hydrogen (secondary N) is 1. The quantitative estimate of drug-likeness (QED) is 0.147. The molecule has 3 aliphatic rings. The normalized spacial score (nSPS) is 34.0. The number of phenols is 1. The van der Waals surface area contributed by atoms with Crippen molar-refractivity contribution in [1.29, 1.82) is 0 Å². The number of carbonyl (C=O) groups is 1. The molecule has 10 atom stereocenters. The summed E-state index contributed by atoms with van der Waals surface area (Å²) in [6.45, 7) is 3.44. The van der Waals surface area contributed by atoms with Crippen molar-refractivity contribution in [3.05, 3.63) is 71.3 Å². The standard InChI is InChI=1S/C31H38N2O11/c1-15(10-11-40-18-6-4-3-5-7-18)27-23(35)21(32)31(44-27)43-20-9-8-17(13-19(20)34)12-16(2)30(39)33-22-24(36)26(38)29-28(25(22)37)41-14-42-29/h3-10,12-13,21-29,31,34-38H,11,14,32H2,1-2H3,(H,33,39)/b15-10+,16-12+/t21?,22?,23-,24-,25+,26+,27+,28-,29+,31?/m0/s1. The van der Waals surface area contributed by atoms with E-state index >= 15 is 0 Å². The Balaban J connectivity index is 1.18. The first-order valence-corrected chi connectivity index (χ1v) is 14.2. The molecule has 1 saturated carbocycles. The molecule has 1 aliphatic carbocycles. The third kappa shape index (κ3) is 6.75. The molecule has 5 rings (SSSR count). The number of aliphatic hydroxyl groups excluding tert-OH is 4. The number of rotatable bonds is 9. The molecule has 238 valence electrons. The first kappa shape index (κ1) is 31.9. The van der Waals surface area contributed by atoms with E-state index in [1.54, 1.807) is 19.1 Å². The van der Waals surface area contributed by atoms with Gasteiger partial charge in [-0.25, -0.2) is 0 Å². The molecule has 8 N–H and O–H groups in total. The Morgan fingerprint density at radius 2 is 1.70 bits per heavy atom. The molecule has 13 nitrogen and oxygen atoms in total. The maximum Gasteiger partial charge on any atom is 0.247 e. The molecule has 0 spiro atoms. The topological polar surface area (TPSA) is 202 Å². The highest BCUT2D eigenvalue weighted by Crippen LogP contribution is 2.34. The minimum absolute atomic E-state index is 0.0578. The number of hydrogen-bond acceptors (Lipinski definition) is 12. The highest BCUT2D eigenvalue weighted by molar-refractivity contribution is 5.97. The number of benzene rings is 2. The molecule has 13 heteroatoms. The minimum Gasteiger partial charge on any atom is -0.504 e. The third-order valence-corrected chi connectivity index (χ3v) is 8.02. The number of para-hydroxylation sites is 1. The van der Waals surface area contributed by atoms with Crippen molar-refractivity contribution in [1.82, 2.24) is 5.32 Å². The Kier molecular flexibility index (Phi) is 9.87. The van der Waals surface area contributed by atoms with Gasteiger partial charge in [-0.2, -0.15) is 0 Å². The predicted molar refractivity (Wildman–Crippen MR) is 155 cm³/mol. The second-order valence-corrected chi connectivity index (χ2v) is 11.1. The third-order valence-electron chi connectivity index (χ3n) is 8.02. The van der Waals surface area contributed by atoms with Gasteiger partial charge in [-0.05, 0) is 61.4 Å². The molecule has 0 radical (unpaired) electrons. The molecular weight excluding hydrogens is 576 g/mol. The van der Waals surface area contributed by atoms with Gasteiger partial charge in [0.1, 0.15) is 61.9 Å². The number of fused-ring (bicyclic) bond motifs is 1. The summed E-state index contributed by atoms with van der Waals surface area (Å²) in [5.41, 5.74) is 7.53. The second kappa shape index (κ2) is 13.6. The van der Waals surface area contributed by atoms with Crippen molar-refractivity contribution < 1.29 is 54.0 Å². The maximum absolute atomic E-state index is 12.9. The first-order valence-electron chi connectivity index (χ1n) is 14.2. The number of carbonyl (C=O) groups excluding carboxylic acids is 1. The molecule has 3 unspecified atom stereocenters. The molecule has 2 saturated heterocycles. The zero-order valence-electron chi connectivity index (χ0n) is 24.2. The van der Waals surface area contributed by atoms with Gasteiger partial charge in [0.2, 0.25) is 12.2 Å². The van der Waals surface area contributed by atoms with Crippen molar-refractivity contribution in [3.63, 3.8) is 0 Å². The zero-order chi connectivity index (χ0) is 31.5. The average molecular weight is 615 g/mol. The number of ether oxygens (including phenoxy) is 5. The van der Waals surface area contributed by atoms with Crippen LogP contribution in [-0.4, -0.2) is 106 Å². The van der Waals surface area contributed by atoms with Crippen LogP contribution in [0.25, 0.3) is 6.08 Å². The van der Waals surface area contributed by atoms with Gasteiger partial charge in [0.05, 0.1) is 12.1 Å². The molecule has 0 aromatic heterocycles. The van der Waals surface area contributed by atoms with E-state index in [9.17, 15) is 30.3 Å². The van der Waals surface area contributed by atoms with E-state index < -0.39 is 67.0 Å². The van der Waals surface area contributed by atoms with Gasteiger partial charge in [0.25, 0.3) is 0 Å². The van der Waals surface area contributed by atoms with Gasteiger partial charge < -0.3 is 60.3 Å². The van der Waals surface area contributed by atoms with E-state index in [-0.39, 0.29) is 30.5 Å². The van der Waals surface area contributed by atoms with E-state index in [0.717, 1.165) is 0 Å². The highest BCUT2D eigenvalue weighted by atomic mass is 16.7. The van der Waals surface area contributed by atoms with Gasteiger partial charge in [-0.1, -0.05) is 24.3 Å². The summed E-state index contributed by atoms with van der Waals surface area (Å²) in [4.78, 5) is 12.9. The molecule has 2 aromatic rings. The first-order chi connectivity index (χ1) is 21.0. The summed E-state index contributed by atoms with van der Waals surface area (Å²) in [6.07, 6.45) is -5.49. The Morgan fingerprint density at radius 3 is 2.41 bits per heavy atom. The largest absolute Gasteiger partial charge is 0.504 e. The fourth-order valence-corrected chi connectivity index (χ4v) is 5.45. The van der Waals surface area contributed by atoms with E-state index in [0.29, 0.717) is 16.9 Å². The molecule has 44 heavy (non-hydrogen) atoms. The lowest BCUT2D eigenvalue weighted by molar-refractivity contribution is -0.155. The maximum atomic E-state index is 12.9. The molecule has 0 bridgehead atoms. The number of nitrogens with two attached hydrogens (primary N) is 1. The van der Waals surface area contributed by atoms with E-state index in [1.165, 1.54) is 25.1 Å². The lowest BCUT2D eigenvalue weighted by Gasteiger charge is -2.41. The van der Waals surface area contributed by atoms with Crippen LogP contribution in [-0.2, 0) is 19.0 Å². The summed E-state index contributed by atoms with van der Waals surface area (Å²) in [7, 11) is 0. The number of aromatic hydroxyl groups is 1. The Bertz CT molecular complexity index is 1370. The average Bonchev–Trinajstić information content (AvgIpc) is 3.61. The van der Waals surface area contributed by atoms with Crippen molar-refractivity contribution >= 4 is 12.0 Å². The second-order valence-electron chi connectivity index (χ2n) is 11.1. The molecular formula is C31H38N2O11. The van der Waals surface area contributed by atoms with E-state index in [2.05, 4.69) is 5.32 Å². The summed E-state index contributed by atoms with van der Waals surface area (Å²) in [5, 5.41) is 55.2. The van der Waals surface area contributed by atoms with Gasteiger partial charge in [0, 0.05) is 5.57 Å². The zero-order valence-corrected chi connectivity index (χ0v) is 24.2. The van der Waals surface area contributed by atoms with Crippen LogP contribution in [0.3, 0.4) is 0 Å². The van der Waals surface area contributed by atoms with Crippen LogP contribution in [0.4, 0.5) is 0 Å². The summed E-state index contributed by atoms with van der Waals surface area (Å²) in [5.74, 6) is -0.0982. The summed E-state index contributed by atoms with van der Waals surface area (Å²) in [6, 6.07) is 11.6. The summed E-state index contributed by atoms with van der Waals surface area (Å²) < 4.78 is 27.9. The number of aliphatic hydroxyl groups is 4. The van der Waals surface area contributed by atoms with Gasteiger partial charge in [-0.3, -0.25) is 4.79 Å². The molecule has 1 amide bonds. The van der Waals surface area contributed by atoms with Crippen LogP contribution in [0.5, 0.6) is 17.2 Å². The van der Waals surface area contributed by atoms with Gasteiger partial charge in [0.15, 0.2) is 11.5 Å². The number of amides is 1. The van der Waals surface area contributed by atoms with Crippen LogP contribution >= 0.6 is 0 Å². The van der Waals surface area contributed by atoms with Crippen LogP contribution in [0, 0.1) is 0 Å². The Labute approximate surface area is 254 Å². The molecule has 2 aromatic carbocycles. The van der Waals surface area contributed by atoms with Crippen molar-refractivity contribution in [3.8, 4) is 17.2 Å². The minimum atomic E-state index is -1.48. The van der Waals surface area contributed by atoms with Crippen LogP contribution in [0.2, 0.25) is 0 Å². The lowest BCUT2D eigenvalue weighted by Crippen LogP contribution is -2.67. The van der Waals surface area contributed by atoms with Crippen molar-refractivity contribution in [2.24, 2.45) is 5.73 Å².